The Morgan fingerprint density at radius 3 is 2.89 bits per heavy atom. The van der Waals surface area contributed by atoms with Crippen molar-refractivity contribution in [3.05, 3.63) is 33.7 Å². The Kier molecular flexibility index (Phi) is 3.73. The van der Waals surface area contributed by atoms with Crippen LogP contribution >= 0.6 is 11.3 Å². The van der Waals surface area contributed by atoms with Crippen molar-refractivity contribution in [3.8, 4) is 0 Å². The summed E-state index contributed by atoms with van der Waals surface area (Å²) in [5.41, 5.74) is 2.54. The average molecular weight is 274 g/mol. The first-order valence-electron chi connectivity index (χ1n) is 6.81. The van der Waals surface area contributed by atoms with Gasteiger partial charge in [-0.3, -0.25) is 0 Å². The summed E-state index contributed by atoms with van der Waals surface area (Å²) < 4.78 is 0. The van der Waals surface area contributed by atoms with Gasteiger partial charge >= 0.3 is 0 Å². The number of thiazole rings is 1. The van der Waals surface area contributed by atoms with E-state index in [0.29, 0.717) is 0 Å². The first-order valence-corrected chi connectivity index (χ1v) is 7.62. The highest BCUT2D eigenvalue weighted by Crippen LogP contribution is 2.24. The number of hydrogen-bond acceptors (Lipinski definition) is 5. The smallest absolute Gasteiger partial charge is 0.133 e. The summed E-state index contributed by atoms with van der Waals surface area (Å²) in [5.74, 6) is 1.000. The van der Waals surface area contributed by atoms with Gasteiger partial charge in [0.25, 0.3) is 0 Å². The third-order valence-electron chi connectivity index (χ3n) is 3.45. The van der Waals surface area contributed by atoms with Gasteiger partial charge in [0.05, 0.1) is 6.54 Å². The number of aryl methyl sites for hydroxylation is 2. The van der Waals surface area contributed by atoms with Gasteiger partial charge in [0.15, 0.2) is 0 Å². The van der Waals surface area contributed by atoms with Crippen molar-refractivity contribution < 1.29 is 0 Å². The molecule has 1 N–H and O–H groups in total. The first-order chi connectivity index (χ1) is 9.33. The van der Waals surface area contributed by atoms with Crippen LogP contribution in [0.5, 0.6) is 0 Å². The van der Waals surface area contributed by atoms with E-state index in [2.05, 4.69) is 27.2 Å². The van der Waals surface area contributed by atoms with Crippen LogP contribution in [0, 0.1) is 6.92 Å². The maximum absolute atomic E-state index is 4.43. The molecule has 2 aromatic rings. The Balaban J connectivity index is 1.77. The third-order valence-corrected chi connectivity index (χ3v) is 4.36. The van der Waals surface area contributed by atoms with Gasteiger partial charge in [0, 0.05) is 22.3 Å². The molecule has 2 heterocycles. The lowest BCUT2D eigenvalue weighted by Crippen LogP contribution is -2.07. The van der Waals surface area contributed by atoms with E-state index in [4.69, 9.17) is 0 Å². The summed E-state index contributed by atoms with van der Waals surface area (Å²) in [7, 11) is 0. The molecule has 0 bridgehead atoms. The van der Waals surface area contributed by atoms with E-state index in [1.165, 1.54) is 35.4 Å². The molecule has 0 aliphatic heterocycles. The van der Waals surface area contributed by atoms with Gasteiger partial charge in [-0.1, -0.05) is 6.42 Å². The largest absolute Gasteiger partial charge is 0.363 e. The minimum absolute atomic E-state index is 0.752. The molecule has 0 fully saturated rings. The van der Waals surface area contributed by atoms with Gasteiger partial charge in [0.1, 0.15) is 17.2 Å². The maximum Gasteiger partial charge on any atom is 0.133 e. The molecule has 19 heavy (non-hydrogen) atoms. The van der Waals surface area contributed by atoms with Crippen molar-refractivity contribution in [3.63, 3.8) is 0 Å². The number of aromatic nitrogens is 3. The standard InChI is InChI=1S/C14H18N4S/c1-10-7-15-13(19-10)8-16-14-11-5-3-2-4-6-12(11)17-9-18-14/h7,9H,2-6,8H2,1H3,(H,16,17,18). The minimum Gasteiger partial charge on any atom is -0.363 e. The summed E-state index contributed by atoms with van der Waals surface area (Å²) in [5, 5.41) is 4.54. The number of hydrogen-bond donors (Lipinski definition) is 1. The maximum atomic E-state index is 4.43. The predicted octanol–water partition coefficient (Wildman–Crippen LogP) is 3.12. The Morgan fingerprint density at radius 2 is 2.05 bits per heavy atom. The Labute approximate surface area is 117 Å². The zero-order valence-electron chi connectivity index (χ0n) is 11.1. The van der Waals surface area contributed by atoms with E-state index in [-0.39, 0.29) is 0 Å². The Bertz CT molecular complexity index is 564. The van der Waals surface area contributed by atoms with Crippen molar-refractivity contribution in [2.24, 2.45) is 0 Å². The van der Waals surface area contributed by atoms with Crippen LogP contribution in [0.25, 0.3) is 0 Å². The molecule has 0 atom stereocenters. The summed E-state index contributed by atoms with van der Waals surface area (Å²) in [6, 6.07) is 0. The zero-order chi connectivity index (χ0) is 13.1. The van der Waals surface area contributed by atoms with Crippen molar-refractivity contribution in [2.75, 3.05) is 5.32 Å². The molecule has 0 aromatic carbocycles. The second-order valence-corrected chi connectivity index (χ2v) is 6.25. The lowest BCUT2D eigenvalue weighted by Gasteiger charge is -2.11. The summed E-state index contributed by atoms with van der Waals surface area (Å²) >= 11 is 1.73. The molecule has 1 aliphatic rings. The number of fused-ring (bicyclic) bond motifs is 1. The first kappa shape index (κ1) is 12.5. The molecule has 0 saturated heterocycles. The van der Waals surface area contributed by atoms with Gasteiger partial charge in [0.2, 0.25) is 0 Å². The number of anilines is 1. The molecule has 0 radical (unpaired) electrons. The molecule has 0 spiro atoms. The Morgan fingerprint density at radius 1 is 1.16 bits per heavy atom. The van der Waals surface area contributed by atoms with Gasteiger partial charge in [-0.2, -0.15) is 0 Å². The highest BCUT2D eigenvalue weighted by molar-refractivity contribution is 7.11. The van der Waals surface area contributed by atoms with Crippen LogP contribution in [0.3, 0.4) is 0 Å². The summed E-state index contributed by atoms with van der Waals surface area (Å²) in [6.07, 6.45) is 9.56. The second kappa shape index (κ2) is 5.65. The zero-order valence-corrected chi connectivity index (χ0v) is 12.0. The summed E-state index contributed by atoms with van der Waals surface area (Å²) in [4.78, 5) is 14.5. The van der Waals surface area contributed by atoms with Crippen LogP contribution in [0.2, 0.25) is 0 Å². The highest BCUT2D eigenvalue weighted by Gasteiger charge is 2.14. The SMILES string of the molecule is Cc1cnc(CNc2ncnc3c2CCCCC3)s1. The quantitative estimate of drug-likeness (QED) is 0.874. The number of nitrogens with zero attached hydrogens (tertiary/aromatic N) is 3. The lowest BCUT2D eigenvalue weighted by molar-refractivity contribution is 0.708. The molecule has 1 aliphatic carbocycles. The van der Waals surface area contributed by atoms with Crippen molar-refractivity contribution in [1.82, 2.24) is 15.0 Å². The van der Waals surface area contributed by atoms with Crippen LogP contribution in [-0.2, 0) is 19.4 Å². The third kappa shape index (κ3) is 2.92. The van der Waals surface area contributed by atoms with Gasteiger partial charge in [-0.25, -0.2) is 15.0 Å². The van der Waals surface area contributed by atoms with Gasteiger partial charge < -0.3 is 5.32 Å². The molecule has 0 unspecified atom stereocenters. The van der Waals surface area contributed by atoms with E-state index in [1.54, 1.807) is 17.7 Å². The van der Waals surface area contributed by atoms with Crippen LogP contribution < -0.4 is 5.32 Å². The van der Waals surface area contributed by atoms with Crippen molar-refractivity contribution >= 4 is 17.2 Å². The van der Waals surface area contributed by atoms with Crippen LogP contribution in [0.4, 0.5) is 5.82 Å². The molecule has 0 amide bonds. The highest BCUT2D eigenvalue weighted by atomic mass is 32.1. The number of nitrogens with one attached hydrogen (secondary N) is 1. The minimum atomic E-state index is 0.752. The fourth-order valence-electron chi connectivity index (χ4n) is 2.49. The van der Waals surface area contributed by atoms with E-state index in [9.17, 15) is 0 Å². The normalized spacial score (nSPS) is 14.8. The summed E-state index contributed by atoms with van der Waals surface area (Å²) in [6.45, 7) is 2.83. The van der Waals surface area contributed by atoms with Crippen molar-refractivity contribution in [2.45, 2.75) is 45.6 Å². The monoisotopic (exact) mass is 274 g/mol. The fourth-order valence-corrected chi connectivity index (χ4v) is 3.22. The van der Waals surface area contributed by atoms with E-state index in [0.717, 1.165) is 30.2 Å². The lowest BCUT2D eigenvalue weighted by atomic mass is 10.1. The molecule has 4 nitrogen and oxygen atoms in total. The van der Waals surface area contributed by atoms with E-state index < -0.39 is 0 Å². The van der Waals surface area contributed by atoms with E-state index in [1.807, 2.05) is 6.20 Å². The fraction of sp³-hybridized carbons (Fsp3) is 0.500. The molecule has 0 saturated carbocycles. The molecular weight excluding hydrogens is 256 g/mol. The van der Waals surface area contributed by atoms with Crippen LogP contribution in [-0.4, -0.2) is 15.0 Å². The molecular formula is C14H18N4S. The average Bonchev–Trinajstić information content (AvgIpc) is 2.69. The Hall–Kier alpha value is -1.49. The molecule has 100 valence electrons. The van der Waals surface area contributed by atoms with Crippen LogP contribution in [0.1, 0.15) is 40.4 Å². The molecule has 5 heteroatoms. The number of rotatable bonds is 3. The van der Waals surface area contributed by atoms with E-state index >= 15 is 0 Å². The molecule has 2 aromatic heterocycles. The van der Waals surface area contributed by atoms with Crippen LogP contribution in [0.15, 0.2) is 12.5 Å². The predicted molar refractivity (Wildman–Crippen MR) is 77.5 cm³/mol. The van der Waals surface area contributed by atoms with Crippen molar-refractivity contribution in [1.29, 1.82) is 0 Å². The molecule has 3 rings (SSSR count). The topological polar surface area (TPSA) is 50.7 Å². The second-order valence-electron chi connectivity index (χ2n) is 4.93. The van der Waals surface area contributed by atoms with Gasteiger partial charge in [-0.15, -0.1) is 11.3 Å². The van der Waals surface area contributed by atoms with Gasteiger partial charge in [-0.05, 0) is 32.6 Å².